The first-order valence-corrected chi connectivity index (χ1v) is 7.97. The van der Waals surface area contributed by atoms with Gasteiger partial charge in [-0.3, -0.25) is 0 Å². The first-order valence-electron chi connectivity index (χ1n) is 7.97. The second-order valence-corrected chi connectivity index (χ2v) is 6.94. The van der Waals surface area contributed by atoms with Crippen molar-refractivity contribution >= 4 is 10.9 Å². The maximum atomic E-state index is 9.07. The molecule has 0 saturated carbocycles. The second-order valence-electron chi connectivity index (χ2n) is 6.94. The number of pyridine rings is 1. The minimum absolute atomic E-state index is 0.0194. The quantitative estimate of drug-likeness (QED) is 0.781. The first-order chi connectivity index (χ1) is 11.4. The van der Waals surface area contributed by atoms with Crippen molar-refractivity contribution in [3.8, 4) is 11.8 Å². The number of aromatic amines is 1. The highest BCUT2D eigenvalue weighted by atomic mass is 16.5. The van der Waals surface area contributed by atoms with E-state index in [0.717, 1.165) is 17.0 Å². The number of methoxy groups -OCH3 is 1. The Kier molecular flexibility index (Phi) is 4.02. The predicted molar refractivity (Wildman–Crippen MR) is 95.3 cm³/mol. The van der Waals surface area contributed by atoms with E-state index in [1.165, 1.54) is 16.6 Å². The number of nitrogens with one attached hydrogen (secondary N) is 1. The topological polar surface area (TPSA) is 61.7 Å². The summed E-state index contributed by atoms with van der Waals surface area (Å²) in [7, 11) is 1.67. The van der Waals surface area contributed by atoms with E-state index >= 15 is 0 Å². The molecule has 0 saturated heterocycles. The van der Waals surface area contributed by atoms with Crippen LogP contribution < -0.4 is 4.74 Å². The van der Waals surface area contributed by atoms with E-state index in [1.54, 1.807) is 13.2 Å². The Morgan fingerprint density at radius 2 is 2.00 bits per heavy atom. The van der Waals surface area contributed by atoms with Crippen LogP contribution in [0.15, 0.2) is 36.4 Å². The number of nitrogens with zero attached hydrogens (tertiary/aromatic N) is 2. The van der Waals surface area contributed by atoms with Gasteiger partial charge in [-0.1, -0.05) is 26.8 Å². The summed E-state index contributed by atoms with van der Waals surface area (Å²) in [5, 5.41) is 10.2. The third-order valence-electron chi connectivity index (χ3n) is 4.14. The Morgan fingerprint density at radius 1 is 1.21 bits per heavy atom. The molecule has 3 aromatic rings. The van der Waals surface area contributed by atoms with Crippen molar-refractivity contribution in [2.45, 2.75) is 32.6 Å². The zero-order valence-electron chi connectivity index (χ0n) is 14.5. The molecule has 1 aromatic carbocycles. The van der Waals surface area contributed by atoms with E-state index in [0.29, 0.717) is 12.1 Å². The molecule has 1 N–H and O–H groups in total. The Morgan fingerprint density at radius 3 is 2.67 bits per heavy atom. The van der Waals surface area contributed by atoms with Crippen LogP contribution in [0.4, 0.5) is 0 Å². The van der Waals surface area contributed by atoms with Crippen molar-refractivity contribution < 1.29 is 4.74 Å². The number of rotatable bonds is 3. The average Bonchev–Trinajstić information content (AvgIpc) is 2.93. The largest absolute Gasteiger partial charge is 0.497 e. The summed E-state index contributed by atoms with van der Waals surface area (Å²) in [6.07, 6.45) is 0.689. The molecule has 0 fully saturated rings. The van der Waals surface area contributed by atoms with Gasteiger partial charge in [-0.25, -0.2) is 4.98 Å². The van der Waals surface area contributed by atoms with Crippen molar-refractivity contribution in [1.82, 2.24) is 9.97 Å². The molecule has 0 atom stereocenters. The van der Waals surface area contributed by atoms with E-state index in [4.69, 9.17) is 10.00 Å². The van der Waals surface area contributed by atoms with Gasteiger partial charge in [0.25, 0.3) is 0 Å². The maximum Gasteiger partial charge on any atom is 0.140 e. The fraction of sp³-hybridized carbons (Fsp3) is 0.300. The molecule has 3 rings (SSSR count). The van der Waals surface area contributed by atoms with Crippen LogP contribution in [-0.2, 0) is 11.8 Å². The lowest BCUT2D eigenvalue weighted by atomic mass is 9.87. The molecular weight excluding hydrogens is 298 g/mol. The molecule has 4 nitrogen and oxygen atoms in total. The van der Waals surface area contributed by atoms with Gasteiger partial charge in [-0.2, -0.15) is 5.26 Å². The summed E-state index contributed by atoms with van der Waals surface area (Å²) >= 11 is 0. The predicted octanol–water partition coefficient (Wildman–Crippen LogP) is 4.33. The van der Waals surface area contributed by atoms with Gasteiger partial charge in [-0.15, -0.1) is 0 Å². The number of benzene rings is 1. The molecule has 4 heteroatoms. The van der Waals surface area contributed by atoms with Crippen molar-refractivity contribution in [2.24, 2.45) is 0 Å². The third-order valence-corrected chi connectivity index (χ3v) is 4.14. The average molecular weight is 319 g/mol. The minimum atomic E-state index is -0.0194. The fourth-order valence-corrected chi connectivity index (χ4v) is 3.01. The van der Waals surface area contributed by atoms with Gasteiger partial charge in [0, 0.05) is 40.2 Å². The summed E-state index contributed by atoms with van der Waals surface area (Å²) in [4.78, 5) is 7.99. The Bertz CT molecular complexity index is 926. The van der Waals surface area contributed by atoms with E-state index in [-0.39, 0.29) is 5.41 Å². The lowest BCUT2D eigenvalue weighted by Crippen LogP contribution is -2.14. The van der Waals surface area contributed by atoms with Gasteiger partial charge in [0.1, 0.15) is 17.5 Å². The first kappa shape index (κ1) is 16.1. The van der Waals surface area contributed by atoms with E-state index < -0.39 is 0 Å². The van der Waals surface area contributed by atoms with Crippen LogP contribution in [0.25, 0.3) is 10.9 Å². The van der Waals surface area contributed by atoms with Crippen molar-refractivity contribution in [3.05, 3.63) is 59.0 Å². The number of H-pyrrole nitrogens is 1. The molecule has 0 aliphatic heterocycles. The maximum absolute atomic E-state index is 9.07. The van der Waals surface area contributed by atoms with Crippen LogP contribution >= 0.6 is 0 Å². The van der Waals surface area contributed by atoms with E-state index in [2.05, 4.69) is 42.9 Å². The summed E-state index contributed by atoms with van der Waals surface area (Å²) in [5.41, 5.74) is 4.81. The van der Waals surface area contributed by atoms with Crippen LogP contribution in [0.5, 0.6) is 5.75 Å². The highest BCUT2D eigenvalue weighted by Crippen LogP contribution is 2.34. The highest BCUT2D eigenvalue weighted by Gasteiger charge is 2.23. The fourth-order valence-electron chi connectivity index (χ4n) is 3.01. The molecule has 0 spiro atoms. The smallest absolute Gasteiger partial charge is 0.140 e. The molecule has 24 heavy (non-hydrogen) atoms. The molecule has 0 aliphatic carbocycles. The van der Waals surface area contributed by atoms with Crippen molar-refractivity contribution in [3.63, 3.8) is 0 Å². The lowest BCUT2D eigenvalue weighted by molar-refractivity contribution is 0.415. The monoisotopic (exact) mass is 319 g/mol. The normalized spacial score (nSPS) is 11.5. The van der Waals surface area contributed by atoms with Crippen LogP contribution in [0.3, 0.4) is 0 Å². The summed E-state index contributed by atoms with van der Waals surface area (Å²) in [5.74, 6) is 0.834. The summed E-state index contributed by atoms with van der Waals surface area (Å²) in [6.45, 7) is 6.58. The SMILES string of the molecule is COc1ccc2c(Cc3cccc(C#N)n3)c(C(C)(C)C)[nH]c2c1. The number of hydrogen-bond acceptors (Lipinski definition) is 3. The molecule has 2 aromatic heterocycles. The zero-order chi connectivity index (χ0) is 17.3. The number of aromatic nitrogens is 2. The summed E-state index contributed by atoms with van der Waals surface area (Å²) in [6, 6.07) is 13.8. The van der Waals surface area contributed by atoms with Gasteiger partial charge in [0.05, 0.1) is 7.11 Å². The summed E-state index contributed by atoms with van der Waals surface area (Å²) < 4.78 is 5.34. The van der Waals surface area contributed by atoms with Crippen LogP contribution in [-0.4, -0.2) is 17.1 Å². The minimum Gasteiger partial charge on any atom is -0.497 e. The Balaban J connectivity index is 2.15. The number of ether oxygens (including phenoxy) is 1. The van der Waals surface area contributed by atoms with Crippen molar-refractivity contribution in [1.29, 1.82) is 5.26 Å². The number of nitriles is 1. The number of fused-ring (bicyclic) bond motifs is 1. The molecule has 2 heterocycles. The molecule has 0 radical (unpaired) electrons. The highest BCUT2D eigenvalue weighted by molar-refractivity contribution is 5.86. The number of hydrogen-bond donors (Lipinski definition) is 1. The van der Waals surface area contributed by atoms with E-state index in [9.17, 15) is 0 Å². The second kappa shape index (κ2) is 6.01. The molecule has 0 amide bonds. The van der Waals surface area contributed by atoms with Crippen LogP contribution in [0.1, 0.15) is 43.4 Å². The Labute approximate surface area is 142 Å². The molecule has 122 valence electrons. The molecule has 0 bridgehead atoms. The van der Waals surface area contributed by atoms with Gasteiger partial charge >= 0.3 is 0 Å². The molecule has 0 aliphatic rings. The zero-order valence-corrected chi connectivity index (χ0v) is 14.5. The lowest BCUT2D eigenvalue weighted by Gasteiger charge is -2.19. The van der Waals surface area contributed by atoms with Gasteiger partial charge < -0.3 is 9.72 Å². The van der Waals surface area contributed by atoms with Gasteiger partial charge in [0.2, 0.25) is 0 Å². The standard InChI is InChI=1S/C20H21N3O/c1-20(2,3)19-17(10-13-6-5-7-14(12-21)22-13)16-9-8-15(24-4)11-18(16)23-19/h5-9,11,23H,10H2,1-4H3. The molecule has 0 unspecified atom stereocenters. The molecular formula is C20H21N3O. The van der Waals surface area contributed by atoms with E-state index in [1.807, 2.05) is 24.3 Å². The van der Waals surface area contributed by atoms with Crippen LogP contribution in [0, 0.1) is 11.3 Å². The third kappa shape index (κ3) is 2.98. The Hall–Kier alpha value is -2.80. The van der Waals surface area contributed by atoms with Crippen LogP contribution in [0.2, 0.25) is 0 Å². The van der Waals surface area contributed by atoms with Crippen molar-refractivity contribution in [2.75, 3.05) is 7.11 Å². The van der Waals surface area contributed by atoms with Gasteiger partial charge in [0.15, 0.2) is 0 Å². The van der Waals surface area contributed by atoms with Gasteiger partial charge in [-0.05, 0) is 29.8 Å².